The standard InChI is InChI=1S/C11H19N3O2/c1-3-13-4-5-14(11(13)15)9-10-8-12(2)6-7-16-10/h4-5,10H,3,6-9H2,1-2H3. The summed E-state index contributed by atoms with van der Waals surface area (Å²) in [6.07, 6.45) is 3.79. The third-order valence-corrected chi connectivity index (χ3v) is 3.00. The van der Waals surface area contributed by atoms with Crippen molar-refractivity contribution in [1.29, 1.82) is 0 Å². The maximum atomic E-state index is 11.8. The number of likely N-dealkylation sites (N-methyl/N-ethyl adjacent to an activating group) is 1. The fourth-order valence-corrected chi connectivity index (χ4v) is 2.03. The van der Waals surface area contributed by atoms with Gasteiger partial charge in [-0.05, 0) is 14.0 Å². The summed E-state index contributed by atoms with van der Waals surface area (Å²) in [4.78, 5) is 14.0. The minimum absolute atomic E-state index is 0.0549. The van der Waals surface area contributed by atoms with Gasteiger partial charge in [0.15, 0.2) is 0 Å². The largest absolute Gasteiger partial charge is 0.374 e. The quantitative estimate of drug-likeness (QED) is 0.727. The van der Waals surface area contributed by atoms with E-state index in [9.17, 15) is 4.79 Å². The highest BCUT2D eigenvalue weighted by Gasteiger charge is 2.18. The molecule has 0 spiro atoms. The zero-order chi connectivity index (χ0) is 11.5. The highest BCUT2D eigenvalue weighted by Crippen LogP contribution is 2.04. The van der Waals surface area contributed by atoms with E-state index < -0.39 is 0 Å². The number of ether oxygens (including phenoxy) is 1. The second-order valence-corrected chi connectivity index (χ2v) is 4.27. The lowest BCUT2D eigenvalue weighted by Crippen LogP contribution is -2.43. The highest BCUT2D eigenvalue weighted by atomic mass is 16.5. The zero-order valence-corrected chi connectivity index (χ0v) is 9.93. The topological polar surface area (TPSA) is 39.4 Å². The van der Waals surface area contributed by atoms with Gasteiger partial charge < -0.3 is 9.64 Å². The minimum Gasteiger partial charge on any atom is -0.374 e. The molecule has 2 heterocycles. The fraction of sp³-hybridized carbons (Fsp3) is 0.727. The van der Waals surface area contributed by atoms with E-state index in [-0.39, 0.29) is 11.8 Å². The number of imidazole rings is 1. The summed E-state index contributed by atoms with van der Waals surface area (Å²) >= 11 is 0. The molecule has 5 nitrogen and oxygen atoms in total. The zero-order valence-electron chi connectivity index (χ0n) is 9.93. The van der Waals surface area contributed by atoms with Crippen LogP contribution in [-0.2, 0) is 17.8 Å². The summed E-state index contributed by atoms with van der Waals surface area (Å²) < 4.78 is 9.07. The van der Waals surface area contributed by atoms with Crippen LogP contribution in [0.4, 0.5) is 0 Å². The first-order valence-electron chi connectivity index (χ1n) is 5.76. The van der Waals surface area contributed by atoms with Crippen molar-refractivity contribution < 1.29 is 4.74 Å². The van der Waals surface area contributed by atoms with Crippen LogP contribution in [0.5, 0.6) is 0 Å². The Morgan fingerprint density at radius 2 is 2.19 bits per heavy atom. The Hall–Kier alpha value is -1.07. The Bertz CT molecular complexity index is 396. The number of rotatable bonds is 3. The molecule has 1 aliphatic heterocycles. The molecule has 0 bridgehead atoms. The molecule has 16 heavy (non-hydrogen) atoms. The van der Waals surface area contributed by atoms with Crippen molar-refractivity contribution in [3.8, 4) is 0 Å². The predicted octanol–water partition coefficient (Wildman–Crippen LogP) is 0.000300. The highest BCUT2D eigenvalue weighted by molar-refractivity contribution is 4.83. The van der Waals surface area contributed by atoms with Crippen molar-refractivity contribution in [1.82, 2.24) is 14.0 Å². The molecule has 1 aliphatic rings. The molecule has 1 aromatic heterocycles. The average molecular weight is 225 g/mol. The monoisotopic (exact) mass is 225 g/mol. The van der Waals surface area contributed by atoms with Crippen molar-refractivity contribution in [3.05, 3.63) is 22.9 Å². The van der Waals surface area contributed by atoms with Crippen molar-refractivity contribution >= 4 is 0 Å². The van der Waals surface area contributed by atoms with Gasteiger partial charge in [0.05, 0.1) is 19.3 Å². The smallest absolute Gasteiger partial charge is 0.328 e. The number of hydrogen-bond donors (Lipinski definition) is 0. The number of aryl methyl sites for hydroxylation is 1. The van der Waals surface area contributed by atoms with Gasteiger partial charge in [0.25, 0.3) is 0 Å². The van der Waals surface area contributed by atoms with Crippen LogP contribution < -0.4 is 5.69 Å². The third kappa shape index (κ3) is 2.36. The summed E-state index contributed by atoms with van der Waals surface area (Å²) in [6.45, 7) is 5.96. The van der Waals surface area contributed by atoms with Gasteiger partial charge in [-0.1, -0.05) is 0 Å². The Morgan fingerprint density at radius 1 is 1.44 bits per heavy atom. The van der Waals surface area contributed by atoms with Crippen LogP contribution in [0, 0.1) is 0 Å². The average Bonchev–Trinajstić information content (AvgIpc) is 2.60. The van der Waals surface area contributed by atoms with E-state index in [4.69, 9.17) is 4.74 Å². The number of nitrogens with zero attached hydrogens (tertiary/aromatic N) is 3. The first kappa shape index (κ1) is 11.4. The molecule has 5 heteroatoms. The fourth-order valence-electron chi connectivity index (χ4n) is 2.03. The molecule has 1 unspecified atom stereocenters. The molecule has 2 rings (SSSR count). The number of hydrogen-bond acceptors (Lipinski definition) is 3. The lowest BCUT2D eigenvalue weighted by atomic mass is 10.3. The van der Waals surface area contributed by atoms with Gasteiger partial charge in [-0.2, -0.15) is 0 Å². The van der Waals surface area contributed by atoms with E-state index >= 15 is 0 Å². The maximum absolute atomic E-state index is 11.8. The van der Waals surface area contributed by atoms with Crippen molar-refractivity contribution in [2.24, 2.45) is 0 Å². The van der Waals surface area contributed by atoms with Crippen molar-refractivity contribution in [2.75, 3.05) is 26.7 Å². The second kappa shape index (κ2) is 4.84. The summed E-state index contributed by atoms with van der Waals surface area (Å²) in [6, 6.07) is 0. The molecule has 1 saturated heterocycles. The van der Waals surface area contributed by atoms with E-state index in [1.807, 2.05) is 19.3 Å². The SMILES string of the molecule is CCn1ccn(CC2CN(C)CCO2)c1=O. The van der Waals surface area contributed by atoms with Crippen LogP contribution in [-0.4, -0.2) is 46.9 Å². The van der Waals surface area contributed by atoms with Crippen molar-refractivity contribution in [2.45, 2.75) is 26.1 Å². The van der Waals surface area contributed by atoms with Crippen LogP contribution in [0.1, 0.15) is 6.92 Å². The first-order valence-corrected chi connectivity index (χ1v) is 5.76. The van der Waals surface area contributed by atoms with Crippen LogP contribution in [0.3, 0.4) is 0 Å². The maximum Gasteiger partial charge on any atom is 0.328 e. The summed E-state index contributed by atoms with van der Waals surface area (Å²) in [5.74, 6) is 0. The molecule has 90 valence electrons. The Balaban J connectivity index is 2.03. The van der Waals surface area contributed by atoms with Gasteiger partial charge in [-0.3, -0.25) is 9.13 Å². The van der Waals surface area contributed by atoms with E-state index in [2.05, 4.69) is 11.9 Å². The molecule has 0 radical (unpaired) electrons. The molecule has 0 saturated carbocycles. The van der Waals surface area contributed by atoms with Gasteiger partial charge in [0.1, 0.15) is 0 Å². The van der Waals surface area contributed by atoms with Crippen LogP contribution in [0.25, 0.3) is 0 Å². The first-order chi connectivity index (χ1) is 7.70. The number of morpholine rings is 1. The second-order valence-electron chi connectivity index (χ2n) is 4.27. The Morgan fingerprint density at radius 3 is 2.81 bits per heavy atom. The van der Waals surface area contributed by atoms with Gasteiger partial charge in [-0.15, -0.1) is 0 Å². The predicted molar refractivity (Wildman–Crippen MR) is 61.6 cm³/mol. The van der Waals surface area contributed by atoms with Crippen LogP contribution in [0.15, 0.2) is 17.2 Å². The van der Waals surface area contributed by atoms with Gasteiger partial charge in [0, 0.05) is 32.0 Å². The molecule has 1 aromatic rings. The lowest BCUT2D eigenvalue weighted by molar-refractivity contribution is -0.0279. The molecule has 0 amide bonds. The molecule has 0 aromatic carbocycles. The third-order valence-electron chi connectivity index (χ3n) is 3.00. The van der Waals surface area contributed by atoms with E-state index in [1.54, 1.807) is 9.13 Å². The molecular weight excluding hydrogens is 206 g/mol. The minimum atomic E-state index is 0.0549. The molecule has 1 fully saturated rings. The molecular formula is C11H19N3O2. The number of aromatic nitrogens is 2. The lowest BCUT2D eigenvalue weighted by Gasteiger charge is -2.29. The van der Waals surface area contributed by atoms with E-state index in [0.717, 1.165) is 26.2 Å². The van der Waals surface area contributed by atoms with E-state index in [0.29, 0.717) is 6.54 Å². The summed E-state index contributed by atoms with van der Waals surface area (Å²) in [7, 11) is 2.08. The summed E-state index contributed by atoms with van der Waals surface area (Å²) in [5.41, 5.74) is 0.0549. The van der Waals surface area contributed by atoms with Gasteiger partial charge in [-0.25, -0.2) is 4.79 Å². The van der Waals surface area contributed by atoms with Crippen LogP contribution in [0.2, 0.25) is 0 Å². The van der Waals surface area contributed by atoms with Gasteiger partial charge >= 0.3 is 5.69 Å². The molecule has 0 N–H and O–H groups in total. The molecule has 0 aliphatic carbocycles. The molecule has 1 atom stereocenters. The van der Waals surface area contributed by atoms with Crippen molar-refractivity contribution in [3.63, 3.8) is 0 Å². The van der Waals surface area contributed by atoms with E-state index in [1.165, 1.54) is 0 Å². The Labute approximate surface area is 95.2 Å². The van der Waals surface area contributed by atoms with Gasteiger partial charge in [0.2, 0.25) is 0 Å². The summed E-state index contributed by atoms with van der Waals surface area (Å²) in [5, 5.41) is 0. The normalized spacial score (nSPS) is 22.5. The van der Waals surface area contributed by atoms with Crippen LogP contribution >= 0.6 is 0 Å². The Kier molecular flexibility index (Phi) is 3.46.